The van der Waals surface area contributed by atoms with E-state index in [1.807, 2.05) is 73.7 Å². The van der Waals surface area contributed by atoms with Gasteiger partial charge in [-0.1, -0.05) is 129 Å². The van der Waals surface area contributed by atoms with E-state index in [0.717, 1.165) is 15.9 Å². The molecule has 32 heavy (non-hydrogen) atoms. The van der Waals surface area contributed by atoms with Crippen LogP contribution in [-0.2, 0) is 9.53 Å². The fourth-order valence-electron chi connectivity index (χ4n) is 5.95. The third-order valence-corrected chi connectivity index (χ3v) is 13.8. The topological polar surface area (TPSA) is 46.5 Å². The summed E-state index contributed by atoms with van der Waals surface area (Å²) >= 11 is 0. The number of carbonyl (C=O) groups is 1. The summed E-state index contributed by atoms with van der Waals surface area (Å²) in [5.74, 6) is -0.624. The SMILES string of the molecule is C[C@@H]1[C@H](c2ccccc2)OC(=O)C[C@@]1(O)[Si](c1ccccc1)(c1ccccc1)C(C)(C)C. The standard InChI is InChI=1S/C28H32O3Si/c1-21-26(22-14-8-5-9-15-22)31-25(29)20-28(21,30)32(27(2,3)4,23-16-10-6-11-17-23)24-18-12-7-13-19-24/h5-19,21,26,30H,20H2,1-4H3/t21-,26-,28-/m1/s1. The lowest BCUT2D eigenvalue weighted by molar-refractivity contribution is -0.173. The number of aliphatic hydroxyl groups is 1. The van der Waals surface area contributed by atoms with Crippen molar-refractivity contribution in [3.05, 3.63) is 96.6 Å². The second-order valence-corrected chi connectivity index (χ2v) is 15.0. The van der Waals surface area contributed by atoms with Crippen molar-refractivity contribution in [1.29, 1.82) is 0 Å². The number of benzene rings is 3. The molecule has 0 aliphatic carbocycles. The van der Waals surface area contributed by atoms with Gasteiger partial charge in [0, 0.05) is 5.92 Å². The normalized spacial score (nSPS) is 24.1. The van der Waals surface area contributed by atoms with Crippen LogP contribution >= 0.6 is 0 Å². The van der Waals surface area contributed by atoms with Crippen molar-refractivity contribution < 1.29 is 14.6 Å². The van der Waals surface area contributed by atoms with Crippen molar-refractivity contribution in [1.82, 2.24) is 0 Å². The van der Waals surface area contributed by atoms with Crippen LogP contribution in [0.4, 0.5) is 0 Å². The van der Waals surface area contributed by atoms with Crippen molar-refractivity contribution in [2.45, 2.75) is 50.5 Å². The first kappa shape index (κ1) is 22.5. The Kier molecular flexibility index (Phi) is 5.86. The Morgan fingerprint density at radius 3 is 1.72 bits per heavy atom. The van der Waals surface area contributed by atoms with E-state index in [1.165, 1.54) is 0 Å². The first-order valence-electron chi connectivity index (χ1n) is 11.3. The lowest BCUT2D eigenvalue weighted by Crippen LogP contribution is -2.81. The molecule has 1 aliphatic heterocycles. The Morgan fingerprint density at radius 1 is 0.844 bits per heavy atom. The van der Waals surface area contributed by atoms with Crippen LogP contribution in [0.5, 0.6) is 0 Å². The molecule has 0 saturated carbocycles. The molecule has 3 atom stereocenters. The van der Waals surface area contributed by atoms with Crippen molar-refractivity contribution in [3.63, 3.8) is 0 Å². The largest absolute Gasteiger partial charge is 0.457 e. The number of hydrogen-bond acceptors (Lipinski definition) is 3. The molecule has 0 unspecified atom stereocenters. The summed E-state index contributed by atoms with van der Waals surface area (Å²) in [6, 6.07) is 30.5. The molecular weight excluding hydrogens is 412 g/mol. The third-order valence-electron chi connectivity index (χ3n) is 7.20. The summed E-state index contributed by atoms with van der Waals surface area (Å²) in [6.45, 7) is 8.67. The van der Waals surface area contributed by atoms with Gasteiger partial charge in [-0.3, -0.25) is 4.79 Å². The van der Waals surface area contributed by atoms with E-state index in [9.17, 15) is 9.90 Å². The Labute approximate surface area is 192 Å². The first-order valence-corrected chi connectivity index (χ1v) is 13.3. The minimum Gasteiger partial charge on any atom is -0.457 e. The van der Waals surface area contributed by atoms with E-state index in [2.05, 4.69) is 45.0 Å². The predicted octanol–water partition coefficient (Wildman–Crippen LogP) is 4.64. The van der Waals surface area contributed by atoms with E-state index in [4.69, 9.17) is 4.74 Å². The summed E-state index contributed by atoms with van der Waals surface area (Å²) in [6.07, 6.45) is -0.505. The average molecular weight is 445 g/mol. The molecule has 1 saturated heterocycles. The van der Waals surface area contributed by atoms with Crippen molar-refractivity contribution in [2.75, 3.05) is 0 Å². The van der Waals surface area contributed by atoms with Crippen LogP contribution in [0.15, 0.2) is 91.0 Å². The highest BCUT2D eigenvalue weighted by atomic mass is 28.3. The molecule has 0 amide bonds. The van der Waals surface area contributed by atoms with Gasteiger partial charge in [0.15, 0.2) is 8.07 Å². The number of carbonyl (C=O) groups excluding carboxylic acids is 1. The minimum atomic E-state index is -3.00. The van der Waals surface area contributed by atoms with Crippen molar-refractivity contribution in [2.24, 2.45) is 5.92 Å². The maximum atomic E-state index is 13.1. The van der Waals surface area contributed by atoms with Crippen LogP contribution in [0.3, 0.4) is 0 Å². The van der Waals surface area contributed by atoms with Crippen LogP contribution in [0.2, 0.25) is 5.04 Å². The molecule has 0 spiro atoms. The Morgan fingerprint density at radius 2 is 1.28 bits per heavy atom. The molecule has 1 aliphatic rings. The van der Waals surface area contributed by atoms with Gasteiger partial charge in [0.2, 0.25) is 0 Å². The lowest BCUT2D eigenvalue weighted by atomic mass is 9.87. The number of rotatable bonds is 4. The highest BCUT2D eigenvalue weighted by Gasteiger charge is 2.66. The van der Waals surface area contributed by atoms with Crippen LogP contribution in [0, 0.1) is 5.92 Å². The molecule has 3 aromatic carbocycles. The fraction of sp³-hybridized carbons (Fsp3) is 0.321. The van der Waals surface area contributed by atoms with Gasteiger partial charge < -0.3 is 9.84 Å². The Hall–Kier alpha value is -2.69. The lowest BCUT2D eigenvalue weighted by Gasteiger charge is -2.58. The molecule has 3 nitrogen and oxygen atoms in total. The van der Waals surface area contributed by atoms with Gasteiger partial charge in [0.1, 0.15) is 6.10 Å². The van der Waals surface area contributed by atoms with Crippen molar-refractivity contribution in [3.8, 4) is 0 Å². The molecule has 4 rings (SSSR count). The van der Waals surface area contributed by atoms with Gasteiger partial charge in [0.05, 0.1) is 11.6 Å². The minimum absolute atomic E-state index is 0.00915. The molecule has 166 valence electrons. The van der Waals surface area contributed by atoms with Gasteiger partial charge in [-0.2, -0.15) is 0 Å². The predicted molar refractivity (Wildman–Crippen MR) is 132 cm³/mol. The smallest absolute Gasteiger partial charge is 0.309 e. The molecule has 4 heteroatoms. The second-order valence-electron chi connectivity index (χ2n) is 9.94. The average Bonchev–Trinajstić information content (AvgIpc) is 2.78. The van der Waals surface area contributed by atoms with Gasteiger partial charge in [-0.15, -0.1) is 0 Å². The van der Waals surface area contributed by atoms with Crippen molar-refractivity contribution >= 4 is 24.4 Å². The summed E-state index contributed by atoms with van der Waals surface area (Å²) in [4.78, 5) is 13.1. The molecule has 1 N–H and O–H groups in total. The first-order chi connectivity index (χ1) is 15.2. The van der Waals surface area contributed by atoms with Gasteiger partial charge >= 0.3 is 5.97 Å². The highest BCUT2D eigenvalue weighted by Crippen LogP contribution is 2.52. The summed E-state index contributed by atoms with van der Waals surface area (Å²) in [5.41, 5.74) is 0.921. The zero-order chi connectivity index (χ0) is 23.0. The number of cyclic esters (lactones) is 1. The zero-order valence-electron chi connectivity index (χ0n) is 19.3. The van der Waals surface area contributed by atoms with E-state index < -0.39 is 19.4 Å². The van der Waals surface area contributed by atoms with E-state index in [-0.39, 0.29) is 23.3 Å². The maximum absolute atomic E-state index is 13.1. The van der Waals surface area contributed by atoms with Crippen LogP contribution in [0.25, 0.3) is 0 Å². The zero-order valence-corrected chi connectivity index (χ0v) is 20.3. The number of ether oxygens (including phenoxy) is 1. The summed E-state index contributed by atoms with van der Waals surface area (Å²) < 4.78 is 5.88. The Balaban J connectivity index is 2.03. The van der Waals surface area contributed by atoms with E-state index >= 15 is 0 Å². The molecule has 3 aromatic rings. The third kappa shape index (κ3) is 3.42. The van der Waals surface area contributed by atoms with Gasteiger partial charge in [-0.05, 0) is 10.6 Å². The molecule has 1 fully saturated rings. The summed E-state index contributed by atoms with van der Waals surface area (Å²) in [7, 11) is -3.00. The van der Waals surface area contributed by atoms with E-state index in [0.29, 0.717) is 0 Å². The van der Waals surface area contributed by atoms with Gasteiger partial charge in [0.25, 0.3) is 0 Å². The van der Waals surface area contributed by atoms with Crippen LogP contribution < -0.4 is 10.4 Å². The number of esters is 1. The number of hydrogen-bond donors (Lipinski definition) is 1. The fourth-order valence-corrected chi connectivity index (χ4v) is 12.9. The maximum Gasteiger partial charge on any atom is 0.309 e. The molecule has 0 bridgehead atoms. The molecular formula is C28H32O3Si. The van der Waals surface area contributed by atoms with E-state index in [1.54, 1.807) is 0 Å². The molecule has 0 radical (unpaired) electrons. The summed E-state index contributed by atoms with van der Waals surface area (Å²) in [5, 5.41) is 13.6. The molecule has 1 heterocycles. The quantitative estimate of drug-likeness (QED) is 0.471. The van der Waals surface area contributed by atoms with Crippen LogP contribution in [0.1, 0.15) is 45.8 Å². The molecule has 0 aromatic heterocycles. The van der Waals surface area contributed by atoms with Crippen LogP contribution in [-0.4, -0.2) is 24.4 Å². The highest BCUT2D eigenvalue weighted by molar-refractivity contribution is 7.06. The second kappa shape index (κ2) is 8.34. The Bertz CT molecular complexity index is 1020. The monoisotopic (exact) mass is 444 g/mol. The van der Waals surface area contributed by atoms with Gasteiger partial charge in [-0.25, -0.2) is 0 Å².